The summed E-state index contributed by atoms with van der Waals surface area (Å²) < 4.78 is 0. The number of thiazole rings is 1. The van der Waals surface area contributed by atoms with Crippen LogP contribution >= 0.6 is 11.3 Å². The van der Waals surface area contributed by atoms with Crippen molar-refractivity contribution in [3.05, 3.63) is 16.6 Å². The summed E-state index contributed by atoms with van der Waals surface area (Å²) in [5.41, 5.74) is 0.947. The molecule has 0 fully saturated rings. The van der Waals surface area contributed by atoms with Crippen LogP contribution in [0.2, 0.25) is 0 Å². The number of rotatable bonds is 6. The van der Waals surface area contributed by atoms with Gasteiger partial charge in [-0.3, -0.25) is 19.9 Å². The molecule has 8 heteroatoms. The van der Waals surface area contributed by atoms with Gasteiger partial charge >= 0.3 is 12.0 Å². The number of amides is 3. The molecular weight excluding hydrogens is 282 g/mol. The smallest absolute Gasteiger partial charge is 0.321 e. The predicted octanol–water partition coefficient (Wildman–Crippen LogP) is 1.36. The van der Waals surface area contributed by atoms with Crippen LogP contribution in [0.1, 0.15) is 31.6 Å². The molecule has 0 radical (unpaired) electrons. The number of carboxylic acid groups (broad SMARTS) is 1. The number of carbonyl (C=O) groups is 3. The predicted molar refractivity (Wildman–Crippen MR) is 73.1 cm³/mol. The molecule has 0 saturated heterocycles. The van der Waals surface area contributed by atoms with Crippen LogP contribution in [0.25, 0.3) is 0 Å². The summed E-state index contributed by atoms with van der Waals surface area (Å²) in [5.74, 6) is -1.48. The van der Waals surface area contributed by atoms with Gasteiger partial charge in [0.05, 0.1) is 18.5 Å². The molecule has 0 spiro atoms. The summed E-state index contributed by atoms with van der Waals surface area (Å²) in [6, 6.07) is -0.602. The van der Waals surface area contributed by atoms with Crippen molar-refractivity contribution >= 4 is 29.2 Å². The van der Waals surface area contributed by atoms with E-state index in [0.717, 1.165) is 4.88 Å². The van der Waals surface area contributed by atoms with Gasteiger partial charge in [-0.15, -0.1) is 11.3 Å². The summed E-state index contributed by atoms with van der Waals surface area (Å²) in [6.07, 6.45) is 1.46. The molecule has 0 unspecified atom stereocenters. The quantitative estimate of drug-likeness (QED) is 0.735. The number of nitrogens with zero attached hydrogens (tertiary/aromatic N) is 1. The van der Waals surface area contributed by atoms with Crippen molar-refractivity contribution in [2.75, 3.05) is 0 Å². The number of carbonyl (C=O) groups excluding carboxylic acids is 2. The van der Waals surface area contributed by atoms with E-state index in [1.165, 1.54) is 11.3 Å². The Morgan fingerprint density at radius 3 is 2.60 bits per heavy atom. The monoisotopic (exact) mass is 299 g/mol. The van der Waals surface area contributed by atoms with Crippen molar-refractivity contribution in [2.24, 2.45) is 5.41 Å². The van der Waals surface area contributed by atoms with Crippen LogP contribution in [0.5, 0.6) is 0 Å². The van der Waals surface area contributed by atoms with Crippen molar-refractivity contribution in [1.82, 2.24) is 15.6 Å². The molecule has 1 heterocycles. The molecule has 1 rings (SSSR count). The molecule has 0 atom stereocenters. The molecule has 0 aliphatic heterocycles. The molecule has 7 nitrogen and oxygen atoms in total. The lowest BCUT2D eigenvalue weighted by Gasteiger charge is -2.21. The molecule has 0 aliphatic rings. The molecular formula is C12H17N3O4S. The first-order valence-electron chi connectivity index (χ1n) is 5.95. The zero-order valence-corrected chi connectivity index (χ0v) is 12.1. The number of nitrogens with one attached hydrogen (secondary N) is 2. The molecule has 1 aromatic heterocycles. The van der Waals surface area contributed by atoms with E-state index < -0.39 is 23.3 Å². The highest BCUT2D eigenvalue weighted by Crippen LogP contribution is 2.24. The molecule has 0 saturated carbocycles. The van der Waals surface area contributed by atoms with Crippen molar-refractivity contribution in [2.45, 2.75) is 33.2 Å². The zero-order valence-electron chi connectivity index (χ0n) is 11.3. The van der Waals surface area contributed by atoms with Crippen molar-refractivity contribution in [1.29, 1.82) is 0 Å². The maximum atomic E-state index is 11.6. The van der Waals surface area contributed by atoms with Gasteiger partial charge < -0.3 is 10.4 Å². The Morgan fingerprint density at radius 1 is 1.35 bits per heavy atom. The summed E-state index contributed by atoms with van der Waals surface area (Å²) in [7, 11) is 0. The molecule has 110 valence electrons. The minimum absolute atomic E-state index is 0.0344. The topological polar surface area (TPSA) is 108 Å². The third-order valence-electron chi connectivity index (χ3n) is 2.43. The van der Waals surface area contributed by atoms with Crippen molar-refractivity contribution in [3.8, 4) is 0 Å². The van der Waals surface area contributed by atoms with E-state index in [-0.39, 0.29) is 12.8 Å². The molecule has 0 aromatic carbocycles. The lowest BCUT2D eigenvalue weighted by Crippen LogP contribution is -2.40. The number of urea groups is 1. The Balaban J connectivity index is 2.34. The average Bonchev–Trinajstić information content (AvgIpc) is 2.75. The Kier molecular flexibility index (Phi) is 5.63. The highest BCUT2D eigenvalue weighted by atomic mass is 32.1. The molecule has 20 heavy (non-hydrogen) atoms. The largest absolute Gasteiger partial charge is 0.481 e. The normalized spacial score (nSPS) is 10.9. The zero-order chi connectivity index (χ0) is 15.2. The van der Waals surface area contributed by atoms with Gasteiger partial charge in [0.25, 0.3) is 0 Å². The van der Waals surface area contributed by atoms with Crippen LogP contribution in [0.3, 0.4) is 0 Å². The number of aliphatic carboxylic acids is 1. The summed E-state index contributed by atoms with van der Waals surface area (Å²) in [4.78, 5) is 38.5. The fraction of sp³-hybridized carbons (Fsp3) is 0.500. The van der Waals surface area contributed by atoms with E-state index in [2.05, 4.69) is 15.6 Å². The van der Waals surface area contributed by atoms with Gasteiger partial charge in [0.15, 0.2) is 0 Å². The first-order chi connectivity index (χ1) is 9.28. The standard InChI is InChI=1S/C12H17N3O4S/c1-12(2,4-10(17)18)3-9(16)15-11(19)14-6-8-5-13-7-20-8/h5,7H,3-4,6H2,1-2H3,(H,17,18)(H2,14,15,16,19). The lowest BCUT2D eigenvalue weighted by molar-refractivity contribution is -0.139. The van der Waals surface area contributed by atoms with Gasteiger partial charge in [0, 0.05) is 17.5 Å². The average molecular weight is 299 g/mol. The van der Waals surface area contributed by atoms with E-state index >= 15 is 0 Å². The van der Waals surface area contributed by atoms with Crippen LogP contribution < -0.4 is 10.6 Å². The molecule has 3 amide bonds. The molecule has 1 aromatic rings. The Morgan fingerprint density at radius 2 is 2.05 bits per heavy atom. The van der Waals surface area contributed by atoms with Crippen molar-refractivity contribution in [3.63, 3.8) is 0 Å². The molecule has 0 aliphatic carbocycles. The second kappa shape index (κ2) is 6.99. The minimum Gasteiger partial charge on any atom is -0.481 e. The second-order valence-corrected chi connectivity index (χ2v) is 6.08. The fourth-order valence-corrected chi connectivity index (χ4v) is 2.15. The maximum Gasteiger partial charge on any atom is 0.321 e. The van der Waals surface area contributed by atoms with Crippen LogP contribution in [0, 0.1) is 5.41 Å². The van der Waals surface area contributed by atoms with Gasteiger partial charge in [-0.2, -0.15) is 0 Å². The Bertz CT molecular complexity index is 485. The Hall–Kier alpha value is -1.96. The minimum atomic E-state index is -0.975. The van der Waals surface area contributed by atoms with E-state index in [1.807, 2.05) is 0 Å². The summed E-state index contributed by atoms with van der Waals surface area (Å²) >= 11 is 1.40. The summed E-state index contributed by atoms with van der Waals surface area (Å²) in [6.45, 7) is 3.62. The number of carboxylic acids is 1. The van der Waals surface area contributed by atoms with Gasteiger partial charge in [-0.05, 0) is 5.41 Å². The van der Waals surface area contributed by atoms with E-state index in [0.29, 0.717) is 6.54 Å². The first-order valence-corrected chi connectivity index (χ1v) is 6.83. The van der Waals surface area contributed by atoms with Crippen LogP contribution in [0.15, 0.2) is 11.7 Å². The SMILES string of the molecule is CC(C)(CC(=O)O)CC(=O)NC(=O)NCc1cncs1. The molecule has 0 bridgehead atoms. The van der Waals surface area contributed by atoms with Crippen molar-refractivity contribution < 1.29 is 19.5 Å². The second-order valence-electron chi connectivity index (χ2n) is 5.11. The summed E-state index contributed by atoms with van der Waals surface area (Å²) in [5, 5.41) is 13.4. The third-order valence-corrected chi connectivity index (χ3v) is 3.21. The fourth-order valence-electron chi connectivity index (χ4n) is 1.62. The van der Waals surface area contributed by atoms with Gasteiger partial charge in [-0.1, -0.05) is 13.8 Å². The third kappa shape index (κ3) is 6.28. The first kappa shape index (κ1) is 16.1. The van der Waals surface area contributed by atoms with E-state index in [1.54, 1.807) is 25.6 Å². The van der Waals surface area contributed by atoms with E-state index in [9.17, 15) is 14.4 Å². The van der Waals surface area contributed by atoms with E-state index in [4.69, 9.17) is 5.11 Å². The number of hydrogen-bond donors (Lipinski definition) is 3. The van der Waals surface area contributed by atoms with Crippen LogP contribution in [-0.4, -0.2) is 28.0 Å². The number of imide groups is 1. The van der Waals surface area contributed by atoms with Gasteiger partial charge in [-0.25, -0.2) is 4.79 Å². The highest BCUT2D eigenvalue weighted by molar-refractivity contribution is 7.09. The molecule has 3 N–H and O–H groups in total. The van der Waals surface area contributed by atoms with Crippen LogP contribution in [-0.2, 0) is 16.1 Å². The highest BCUT2D eigenvalue weighted by Gasteiger charge is 2.25. The van der Waals surface area contributed by atoms with Crippen LogP contribution in [0.4, 0.5) is 4.79 Å². The van der Waals surface area contributed by atoms with Gasteiger partial charge in [0.2, 0.25) is 5.91 Å². The van der Waals surface area contributed by atoms with Gasteiger partial charge in [0.1, 0.15) is 0 Å². The number of hydrogen-bond acceptors (Lipinski definition) is 5. The maximum absolute atomic E-state index is 11.6. The lowest BCUT2D eigenvalue weighted by atomic mass is 9.85. The Labute approximate surface area is 120 Å². The number of aromatic nitrogens is 1.